The molecule has 0 aromatic carbocycles. The molecule has 2 atom stereocenters. The Balaban J connectivity index is 3.42. The molecule has 60 heavy (non-hydrogen) atoms. The SMILES string of the molecule is CC/C=C\C/C=C\C/C=C\C/C=C\CCCCCCCCCCCCCCCCCCCCCCCCCCC(=O)NC(CO)C(O)/C=C/CC/C=C/CC/C=C/CCC. The first-order chi connectivity index (χ1) is 29.7. The van der Waals surface area contributed by atoms with Gasteiger partial charge in [0.05, 0.1) is 18.8 Å². The highest BCUT2D eigenvalue weighted by Gasteiger charge is 2.17. The maximum Gasteiger partial charge on any atom is 0.220 e. The largest absolute Gasteiger partial charge is 0.394 e. The van der Waals surface area contributed by atoms with E-state index in [9.17, 15) is 15.0 Å². The molecule has 0 saturated carbocycles. The molecule has 0 aliphatic carbocycles. The summed E-state index contributed by atoms with van der Waals surface area (Å²) < 4.78 is 0. The topological polar surface area (TPSA) is 69.6 Å². The van der Waals surface area contributed by atoms with Crippen LogP contribution in [0.15, 0.2) is 85.1 Å². The van der Waals surface area contributed by atoms with Crippen molar-refractivity contribution in [1.29, 1.82) is 0 Å². The van der Waals surface area contributed by atoms with E-state index in [0.717, 1.165) is 70.6 Å². The molecule has 0 saturated heterocycles. The van der Waals surface area contributed by atoms with Gasteiger partial charge in [-0.1, -0.05) is 247 Å². The molecule has 1 amide bonds. The van der Waals surface area contributed by atoms with Gasteiger partial charge in [0.2, 0.25) is 5.91 Å². The van der Waals surface area contributed by atoms with Gasteiger partial charge in [-0.15, -0.1) is 0 Å². The molecule has 0 spiro atoms. The van der Waals surface area contributed by atoms with Crippen molar-refractivity contribution < 1.29 is 15.0 Å². The quantitative estimate of drug-likeness (QED) is 0.0423. The van der Waals surface area contributed by atoms with E-state index in [-0.39, 0.29) is 12.5 Å². The smallest absolute Gasteiger partial charge is 0.220 e. The van der Waals surface area contributed by atoms with Crippen LogP contribution < -0.4 is 5.32 Å². The second-order valence-corrected chi connectivity index (χ2v) is 17.2. The summed E-state index contributed by atoms with van der Waals surface area (Å²) in [5.74, 6) is -0.0790. The lowest BCUT2D eigenvalue weighted by Crippen LogP contribution is -2.45. The molecule has 0 heterocycles. The third kappa shape index (κ3) is 46.6. The van der Waals surface area contributed by atoms with Crippen LogP contribution in [0.1, 0.15) is 245 Å². The van der Waals surface area contributed by atoms with Crippen molar-refractivity contribution in [1.82, 2.24) is 5.32 Å². The van der Waals surface area contributed by atoms with E-state index in [1.807, 2.05) is 6.08 Å². The van der Waals surface area contributed by atoms with Crippen LogP contribution in [0.3, 0.4) is 0 Å². The first kappa shape index (κ1) is 57.6. The van der Waals surface area contributed by atoms with Crippen LogP contribution in [-0.4, -0.2) is 34.9 Å². The Hall–Kier alpha value is -2.43. The predicted molar refractivity (Wildman–Crippen MR) is 267 cm³/mol. The molecule has 3 N–H and O–H groups in total. The summed E-state index contributed by atoms with van der Waals surface area (Å²) in [5, 5.41) is 22.9. The Morgan fingerprint density at radius 2 is 0.750 bits per heavy atom. The number of hydrogen-bond acceptors (Lipinski definition) is 3. The number of unbranched alkanes of at least 4 members (excludes halogenated alkanes) is 27. The van der Waals surface area contributed by atoms with Crippen molar-refractivity contribution >= 4 is 5.91 Å². The fourth-order valence-electron chi connectivity index (χ4n) is 7.45. The van der Waals surface area contributed by atoms with Gasteiger partial charge in [0.25, 0.3) is 0 Å². The van der Waals surface area contributed by atoms with Gasteiger partial charge in [-0.25, -0.2) is 0 Å². The number of rotatable bonds is 46. The van der Waals surface area contributed by atoms with E-state index >= 15 is 0 Å². The summed E-state index contributed by atoms with van der Waals surface area (Å²) in [7, 11) is 0. The Morgan fingerprint density at radius 3 is 1.15 bits per heavy atom. The lowest BCUT2D eigenvalue weighted by Gasteiger charge is -2.19. The number of allylic oxidation sites excluding steroid dienone is 13. The van der Waals surface area contributed by atoms with Gasteiger partial charge in [0.15, 0.2) is 0 Å². The van der Waals surface area contributed by atoms with E-state index in [0.29, 0.717) is 6.42 Å². The van der Waals surface area contributed by atoms with Crippen LogP contribution in [0.2, 0.25) is 0 Å². The minimum Gasteiger partial charge on any atom is -0.394 e. The fourth-order valence-corrected chi connectivity index (χ4v) is 7.45. The van der Waals surface area contributed by atoms with Crippen LogP contribution >= 0.6 is 0 Å². The Bertz CT molecular complexity index is 1080. The van der Waals surface area contributed by atoms with Gasteiger partial charge in [-0.05, 0) is 77.0 Å². The molecule has 0 aromatic rings. The van der Waals surface area contributed by atoms with Crippen molar-refractivity contribution in [2.24, 2.45) is 0 Å². The minimum absolute atomic E-state index is 0.0790. The summed E-state index contributed by atoms with van der Waals surface area (Å²) >= 11 is 0. The van der Waals surface area contributed by atoms with Crippen molar-refractivity contribution in [2.75, 3.05) is 6.61 Å². The van der Waals surface area contributed by atoms with Gasteiger partial charge in [-0.2, -0.15) is 0 Å². The molecule has 346 valence electrons. The number of nitrogens with one attached hydrogen (secondary N) is 1. The van der Waals surface area contributed by atoms with Crippen molar-refractivity contribution in [3.63, 3.8) is 0 Å². The van der Waals surface area contributed by atoms with Crippen LogP contribution in [0.5, 0.6) is 0 Å². The molecule has 4 heteroatoms. The van der Waals surface area contributed by atoms with Gasteiger partial charge in [-0.3, -0.25) is 4.79 Å². The van der Waals surface area contributed by atoms with E-state index in [4.69, 9.17) is 0 Å². The molecule has 0 aliphatic rings. The third-order valence-corrected chi connectivity index (χ3v) is 11.3. The Kier molecular flexibility index (Phi) is 48.9. The molecule has 2 unspecified atom stereocenters. The summed E-state index contributed by atoms with van der Waals surface area (Å²) in [6, 6.07) is -0.645. The predicted octanol–water partition coefficient (Wildman–Crippen LogP) is 16.8. The standard InChI is InChI=1S/C56H99NO3/c1-3-5-7-9-11-13-15-16-17-18-19-20-21-22-23-24-25-26-27-28-29-30-31-32-33-34-35-36-37-38-39-40-42-44-46-48-50-52-56(60)57-54(53-58)55(59)51-49-47-45-43-41-14-12-10-8-6-4-2/h5,7-8,10-11,13,16-17,19-20,41,43,49,51,54-55,58-59H,3-4,6,9,12,14-15,18,21-40,42,44-48,50,52-53H2,1-2H3,(H,57,60)/b7-5-,10-8+,13-11-,17-16-,20-19-,43-41+,51-49+. The third-order valence-electron chi connectivity index (χ3n) is 11.3. The molecule has 0 fully saturated rings. The summed E-state index contributed by atoms with van der Waals surface area (Å²) in [4.78, 5) is 12.4. The van der Waals surface area contributed by atoms with E-state index in [2.05, 4.69) is 92.1 Å². The maximum absolute atomic E-state index is 12.4. The zero-order valence-corrected chi connectivity index (χ0v) is 39.7. The van der Waals surface area contributed by atoms with E-state index in [1.165, 1.54) is 154 Å². The van der Waals surface area contributed by atoms with Crippen molar-refractivity contribution in [3.05, 3.63) is 85.1 Å². The number of aliphatic hydroxyl groups is 2. The highest BCUT2D eigenvalue weighted by Crippen LogP contribution is 2.16. The lowest BCUT2D eigenvalue weighted by molar-refractivity contribution is -0.123. The summed E-state index contributed by atoms with van der Waals surface area (Å²) in [6.45, 7) is 4.10. The average molecular weight is 834 g/mol. The molecular formula is C56H99NO3. The highest BCUT2D eigenvalue weighted by molar-refractivity contribution is 5.76. The second-order valence-electron chi connectivity index (χ2n) is 17.2. The summed E-state index contributed by atoms with van der Waals surface area (Å²) in [6.07, 6.45) is 74.6. The molecular weight excluding hydrogens is 735 g/mol. The van der Waals surface area contributed by atoms with Gasteiger partial charge >= 0.3 is 0 Å². The Morgan fingerprint density at radius 1 is 0.417 bits per heavy atom. The van der Waals surface area contributed by atoms with E-state index in [1.54, 1.807) is 6.08 Å². The zero-order chi connectivity index (χ0) is 43.5. The highest BCUT2D eigenvalue weighted by atomic mass is 16.3. The van der Waals surface area contributed by atoms with E-state index < -0.39 is 12.1 Å². The number of carbonyl (C=O) groups excluding carboxylic acids is 1. The number of aliphatic hydroxyl groups excluding tert-OH is 2. The molecule has 0 rings (SSSR count). The van der Waals surface area contributed by atoms with Crippen LogP contribution in [0, 0.1) is 0 Å². The summed E-state index contributed by atoms with van der Waals surface area (Å²) in [5.41, 5.74) is 0. The number of hydrogen-bond donors (Lipinski definition) is 3. The Labute approximate surface area is 373 Å². The molecule has 0 aromatic heterocycles. The van der Waals surface area contributed by atoms with Gasteiger partial charge < -0.3 is 15.5 Å². The first-order valence-corrected chi connectivity index (χ1v) is 25.8. The molecule has 0 radical (unpaired) electrons. The lowest BCUT2D eigenvalue weighted by atomic mass is 10.0. The van der Waals surface area contributed by atoms with Gasteiger partial charge in [0, 0.05) is 6.42 Å². The number of carbonyl (C=O) groups is 1. The maximum atomic E-state index is 12.4. The molecule has 0 bridgehead atoms. The van der Waals surface area contributed by atoms with Crippen molar-refractivity contribution in [3.8, 4) is 0 Å². The molecule has 4 nitrogen and oxygen atoms in total. The van der Waals surface area contributed by atoms with Gasteiger partial charge in [0.1, 0.15) is 0 Å². The number of amides is 1. The molecule has 0 aliphatic heterocycles. The zero-order valence-electron chi connectivity index (χ0n) is 39.7. The first-order valence-electron chi connectivity index (χ1n) is 25.8. The monoisotopic (exact) mass is 834 g/mol. The van der Waals surface area contributed by atoms with Crippen molar-refractivity contribution in [2.45, 2.75) is 257 Å². The van der Waals surface area contributed by atoms with Crippen LogP contribution in [0.4, 0.5) is 0 Å². The van der Waals surface area contributed by atoms with Crippen LogP contribution in [-0.2, 0) is 4.79 Å². The van der Waals surface area contributed by atoms with Crippen LogP contribution in [0.25, 0.3) is 0 Å². The fraction of sp³-hybridized carbons (Fsp3) is 0.732. The minimum atomic E-state index is -0.869. The second kappa shape index (κ2) is 50.9. The normalized spacial score (nSPS) is 13.6. The average Bonchev–Trinajstić information content (AvgIpc) is 3.25.